The van der Waals surface area contributed by atoms with Gasteiger partial charge in [-0.1, -0.05) is 29.8 Å². The van der Waals surface area contributed by atoms with Gasteiger partial charge in [0.1, 0.15) is 16.3 Å². The summed E-state index contributed by atoms with van der Waals surface area (Å²) in [7, 11) is 0. The summed E-state index contributed by atoms with van der Waals surface area (Å²) in [6.45, 7) is 0. The van der Waals surface area contributed by atoms with Crippen LogP contribution in [0.1, 0.15) is 0 Å². The molecule has 0 N–H and O–H groups in total. The first kappa shape index (κ1) is 8.15. The molecule has 0 atom stereocenters. The van der Waals surface area contributed by atoms with Gasteiger partial charge >= 0.3 is 0 Å². The molecule has 1 aromatic carbocycles. The zero-order valence-corrected chi connectivity index (χ0v) is 8.64. The van der Waals surface area contributed by atoms with E-state index in [0.717, 1.165) is 15.6 Å². The molecule has 0 spiro atoms. The molecule has 3 aromatic rings. The van der Waals surface area contributed by atoms with Gasteiger partial charge in [0.05, 0.1) is 5.39 Å². The highest BCUT2D eigenvalue weighted by Gasteiger charge is 2.08. The fourth-order valence-electron chi connectivity index (χ4n) is 1.52. The molecule has 0 unspecified atom stereocenters. The van der Waals surface area contributed by atoms with Crippen LogP contribution in [-0.2, 0) is 0 Å². The lowest BCUT2D eigenvalue weighted by Crippen LogP contribution is -1.77. The van der Waals surface area contributed by atoms with Gasteiger partial charge < -0.3 is 0 Å². The summed E-state index contributed by atoms with van der Waals surface area (Å²) in [5.41, 5.74) is 0. The van der Waals surface area contributed by atoms with Crippen LogP contribution in [0.15, 0.2) is 30.6 Å². The van der Waals surface area contributed by atoms with Gasteiger partial charge in [-0.2, -0.15) is 0 Å². The van der Waals surface area contributed by atoms with Gasteiger partial charge in [0, 0.05) is 10.1 Å². The lowest BCUT2D eigenvalue weighted by Gasteiger charge is -1.91. The van der Waals surface area contributed by atoms with E-state index in [-0.39, 0.29) is 0 Å². The van der Waals surface area contributed by atoms with Crippen molar-refractivity contribution in [1.82, 2.24) is 9.97 Å². The van der Waals surface area contributed by atoms with E-state index in [1.54, 1.807) is 11.3 Å². The highest BCUT2D eigenvalue weighted by Crippen LogP contribution is 2.35. The fraction of sp³-hybridized carbons (Fsp3) is 0. The summed E-state index contributed by atoms with van der Waals surface area (Å²) in [6, 6.07) is 8.12. The molecule has 0 aliphatic heterocycles. The Morgan fingerprint density at radius 3 is 2.93 bits per heavy atom. The minimum atomic E-state index is 0.535. The van der Waals surface area contributed by atoms with E-state index in [2.05, 4.69) is 16.0 Å². The van der Waals surface area contributed by atoms with Crippen molar-refractivity contribution in [3.8, 4) is 0 Å². The summed E-state index contributed by atoms with van der Waals surface area (Å²) in [4.78, 5) is 9.14. The largest absolute Gasteiger partial charge is 0.225 e. The highest BCUT2D eigenvalue weighted by atomic mass is 35.5. The smallest absolute Gasteiger partial charge is 0.141 e. The molecule has 0 saturated carbocycles. The first-order valence-corrected chi connectivity index (χ1v) is 5.33. The summed E-state index contributed by atoms with van der Waals surface area (Å²) >= 11 is 7.67. The molecular formula is C10H5ClN2S. The molecule has 0 radical (unpaired) electrons. The van der Waals surface area contributed by atoms with Crippen LogP contribution in [0.3, 0.4) is 0 Å². The average molecular weight is 221 g/mol. The van der Waals surface area contributed by atoms with Crippen LogP contribution in [0.4, 0.5) is 0 Å². The SMILES string of the molecule is Clc1ncnc2sc3ccccc3c12. The molecule has 68 valence electrons. The van der Waals surface area contributed by atoms with E-state index in [4.69, 9.17) is 11.6 Å². The van der Waals surface area contributed by atoms with Crippen LogP contribution in [0.2, 0.25) is 5.15 Å². The molecule has 0 aliphatic carbocycles. The number of nitrogens with zero attached hydrogens (tertiary/aromatic N) is 2. The van der Waals surface area contributed by atoms with Gasteiger partial charge in [-0.15, -0.1) is 11.3 Å². The molecule has 0 aliphatic rings. The lowest BCUT2D eigenvalue weighted by atomic mass is 10.2. The second kappa shape index (κ2) is 2.90. The third-order valence-corrected chi connectivity index (χ3v) is 3.49. The number of fused-ring (bicyclic) bond motifs is 3. The van der Waals surface area contributed by atoms with Crippen molar-refractivity contribution in [2.75, 3.05) is 0 Å². The number of aromatic nitrogens is 2. The Morgan fingerprint density at radius 2 is 2.00 bits per heavy atom. The monoisotopic (exact) mass is 220 g/mol. The number of thiophene rings is 1. The summed E-state index contributed by atoms with van der Waals surface area (Å²) < 4.78 is 1.20. The molecule has 3 rings (SSSR count). The van der Waals surface area contributed by atoms with Gasteiger partial charge in [-0.3, -0.25) is 0 Å². The molecule has 2 aromatic heterocycles. The number of rotatable bonds is 0. The number of halogens is 1. The highest BCUT2D eigenvalue weighted by molar-refractivity contribution is 7.25. The molecule has 0 saturated heterocycles. The van der Waals surface area contributed by atoms with Crippen molar-refractivity contribution in [2.24, 2.45) is 0 Å². The van der Waals surface area contributed by atoms with E-state index >= 15 is 0 Å². The normalized spacial score (nSPS) is 11.2. The van der Waals surface area contributed by atoms with Crippen LogP contribution in [-0.4, -0.2) is 9.97 Å². The van der Waals surface area contributed by atoms with Crippen molar-refractivity contribution >= 4 is 43.2 Å². The van der Waals surface area contributed by atoms with Crippen LogP contribution in [0.5, 0.6) is 0 Å². The molecular weight excluding hydrogens is 216 g/mol. The van der Waals surface area contributed by atoms with Crippen molar-refractivity contribution in [3.05, 3.63) is 35.7 Å². The number of hydrogen-bond acceptors (Lipinski definition) is 3. The Balaban J connectivity index is 2.65. The number of benzene rings is 1. The molecule has 14 heavy (non-hydrogen) atoms. The number of hydrogen-bond donors (Lipinski definition) is 0. The second-order valence-electron chi connectivity index (χ2n) is 2.94. The second-order valence-corrected chi connectivity index (χ2v) is 4.33. The van der Waals surface area contributed by atoms with Crippen LogP contribution < -0.4 is 0 Å². The van der Waals surface area contributed by atoms with Crippen LogP contribution >= 0.6 is 22.9 Å². The van der Waals surface area contributed by atoms with Crippen LogP contribution in [0.25, 0.3) is 20.3 Å². The van der Waals surface area contributed by atoms with Crippen LogP contribution in [0, 0.1) is 0 Å². The summed E-state index contributed by atoms with van der Waals surface area (Å²) in [6.07, 6.45) is 1.50. The predicted molar refractivity (Wildman–Crippen MR) is 59.9 cm³/mol. The van der Waals surface area contributed by atoms with E-state index < -0.39 is 0 Å². The Hall–Kier alpha value is -1.19. The van der Waals surface area contributed by atoms with E-state index in [1.165, 1.54) is 11.0 Å². The maximum absolute atomic E-state index is 6.03. The minimum Gasteiger partial charge on any atom is -0.225 e. The zero-order chi connectivity index (χ0) is 9.54. The zero-order valence-electron chi connectivity index (χ0n) is 7.07. The molecule has 0 bridgehead atoms. The Morgan fingerprint density at radius 1 is 1.14 bits per heavy atom. The Bertz CT molecular complexity index is 618. The van der Waals surface area contributed by atoms with Crippen molar-refractivity contribution in [2.45, 2.75) is 0 Å². The van der Waals surface area contributed by atoms with Crippen molar-refractivity contribution < 1.29 is 0 Å². The van der Waals surface area contributed by atoms with Gasteiger partial charge in [0.15, 0.2) is 0 Å². The summed E-state index contributed by atoms with van der Waals surface area (Å²) in [5.74, 6) is 0. The first-order valence-electron chi connectivity index (χ1n) is 4.14. The minimum absolute atomic E-state index is 0.535. The summed E-state index contributed by atoms with van der Waals surface area (Å²) in [5, 5.41) is 2.64. The molecule has 0 fully saturated rings. The van der Waals surface area contributed by atoms with Crippen molar-refractivity contribution in [1.29, 1.82) is 0 Å². The van der Waals surface area contributed by atoms with Gasteiger partial charge in [0.25, 0.3) is 0 Å². The molecule has 2 nitrogen and oxygen atoms in total. The average Bonchev–Trinajstić information content (AvgIpc) is 2.57. The standard InChI is InChI=1S/C10H5ClN2S/c11-9-8-6-3-1-2-4-7(6)14-10(8)13-5-12-9/h1-5H. The maximum Gasteiger partial charge on any atom is 0.141 e. The predicted octanol–water partition coefficient (Wildman–Crippen LogP) is 3.50. The van der Waals surface area contributed by atoms with Crippen molar-refractivity contribution in [3.63, 3.8) is 0 Å². The van der Waals surface area contributed by atoms with Gasteiger partial charge in [-0.05, 0) is 6.07 Å². The quantitative estimate of drug-likeness (QED) is 0.542. The van der Waals surface area contributed by atoms with Gasteiger partial charge in [0.2, 0.25) is 0 Å². The van der Waals surface area contributed by atoms with E-state index in [1.807, 2.05) is 18.2 Å². The fourth-order valence-corrected chi connectivity index (χ4v) is 2.85. The molecule has 4 heteroatoms. The Kier molecular flexibility index (Phi) is 1.69. The third kappa shape index (κ3) is 1.03. The van der Waals surface area contributed by atoms with E-state index in [0.29, 0.717) is 5.15 Å². The van der Waals surface area contributed by atoms with Gasteiger partial charge in [-0.25, -0.2) is 9.97 Å². The molecule has 0 amide bonds. The first-order chi connectivity index (χ1) is 6.86. The lowest BCUT2D eigenvalue weighted by molar-refractivity contribution is 1.24. The Labute approximate surface area is 89.2 Å². The maximum atomic E-state index is 6.03. The third-order valence-electron chi connectivity index (χ3n) is 2.13. The van der Waals surface area contributed by atoms with E-state index in [9.17, 15) is 0 Å². The molecule has 2 heterocycles. The topological polar surface area (TPSA) is 25.8 Å².